The van der Waals surface area contributed by atoms with E-state index in [4.69, 9.17) is 12.2 Å². The maximum absolute atomic E-state index is 5.83. The van der Waals surface area contributed by atoms with Gasteiger partial charge in [-0.2, -0.15) is 0 Å². The Kier molecular flexibility index (Phi) is 4.27. The Morgan fingerprint density at radius 3 is 2.62 bits per heavy atom. The molecule has 1 aliphatic rings. The molecule has 2 N–H and O–H groups in total. The molecule has 13 heavy (non-hydrogen) atoms. The van der Waals surface area contributed by atoms with Gasteiger partial charge < -0.3 is 5.73 Å². The van der Waals surface area contributed by atoms with Crippen molar-refractivity contribution < 1.29 is 0 Å². The summed E-state index contributed by atoms with van der Waals surface area (Å²) in [6.45, 7) is 4.34. The fourth-order valence-corrected chi connectivity index (χ4v) is 1.88. The van der Waals surface area contributed by atoms with Crippen molar-refractivity contribution in [2.45, 2.75) is 44.7 Å². The largest absolute Gasteiger partial charge is 0.328 e. The van der Waals surface area contributed by atoms with E-state index in [2.05, 4.69) is 17.7 Å². The van der Waals surface area contributed by atoms with Crippen molar-refractivity contribution in [1.29, 1.82) is 0 Å². The monoisotopic (exact) mass is 180 g/mol. The summed E-state index contributed by atoms with van der Waals surface area (Å²) in [6.07, 6.45) is 9.98. The first-order valence-corrected chi connectivity index (χ1v) is 5.23. The Morgan fingerprint density at radius 2 is 2.15 bits per heavy atom. The number of hydrogen-bond acceptors (Lipinski definition) is 2. The second kappa shape index (κ2) is 5.26. The number of nitrogens with two attached hydrogens (primary N) is 1. The van der Waals surface area contributed by atoms with Gasteiger partial charge in [0, 0.05) is 19.1 Å². The van der Waals surface area contributed by atoms with Gasteiger partial charge in [-0.25, -0.2) is 0 Å². The fraction of sp³-hybridized carbons (Fsp3) is 0.818. The molecule has 0 amide bonds. The molecule has 1 unspecified atom stereocenters. The number of likely N-dealkylation sites (tertiary alicyclic amines) is 1. The van der Waals surface area contributed by atoms with Gasteiger partial charge in [0.05, 0.1) is 6.04 Å². The fourth-order valence-electron chi connectivity index (χ4n) is 1.88. The molecule has 0 aromatic heterocycles. The van der Waals surface area contributed by atoms with Crippen LogP contribution in [0.5, 0.6) is 0 Å². The highest BCUT2D eigenvalue weighted by atomic mass is 15.2. The predicted molar refractivity (Wildman–Crippen MR) is 56.3 cm³/mol. The van der Waals surface area contributed by atoms with Crippen molar-refractivity contribution in [1.82, 2.24) is 4.90 Å². The first-order valence-electron chi connectivity index (χ1n) is 5.23. The van der Waals surface area contributed by atoms with Crippen LogP contribution in [-0.4, -0.2) is 30.1 Å². The van der Waals surface area contributed by atoms with E-state index in [-0.39, 0.29) is 0 Å². The average molecular weight is 180 g/mol. The van der Waals surface area contributed by atoms with Crippen LogP contribution in [0, 0.1) is 12.3 Å². The van der Waals surface area contributed by atoms with E-state index in [1.165, 1.54) is 0 Å². The van der Waals surface area contributed by atoms with Crippen LogP contribution in [-0.2, 0) is 0 Å². The molecule has 0 aromatic carbocycles. The molecule has 0 radical (unpaired) electrons. The zero-order valence-electron chi connectivity index (χ0n) is 8.50. The molecule has 1 fully saturated rings. The Hall–Kier alpha value is -0.520. The van der Waals surface area contributed by atoms with E-state index in [1.807, 2.05) is 0 Å². The maximum atomic E-state index is 5.83. The second-order valence-electron chi connectivity index (χ2n) is 3.84. The van der Waals surface area contributed by atoms with Gasteiger partial charge in [-0.1, -0.05) is 19.3 Å². The molecule has 1 saturated heterocycles. The summed E-state index contributed by atoms with van der Waals surface area (Å²) in [5.74, 6) is 2.87. The molecule has 0 aromatic rings. The minimum absolute atomic E-state index is 0.345. The molecule has 1 atom stereocenters. The van der Waals surface area contributed by atoms with Crippen LogP contribution in [0.15, 0.2) is 0 Å². The zero-order valence-corrected chi connectivity index (χ0v) is 8.50. The smallest absolute Gasteiger partial charge is 0.0711 e. The molecular weight excluding hydrogens is 160 g/mol. The quantitative estimate of drug-likeness (QED) is 0.662. The van der Waals surface area contributed by atoms with Gasteiger partial charge in [-0.15, -0.1) is 6.42 Å². The van der Waals surface area contributed by atoms with Crippen molar-refractivity contribution >= 4 is 0 Å². The summed E-state index contributed by atoms with van der Waals surface area (Å²) in [7, 11) is 0. The summed E-state index contributed by atoms with van der Waals surface area (Å²) in [6, 6.07) is 0.744. The van der Waals surface area contributed by atoms with Crippen molar-refractivity contribution in [3.8, 4) is 12.3 Å². The number of hydrogen-bond donors (Lipinski definition) is 1. The van der Waals surface area contributed by atoms with Crippen LogP contribution >= 0.6 is 0 Å². The third-order valence-corrected chi connectivity index (χ3v) is 2.77. The molecule has 2 nitrogen and oxygen atoms in total. The van der Waals surface area contributed by atoms with Crippen LogP contribution in [0.1, 0.15) is 32.6 Å². The van der Waals surface area contributed by atoms with E-state index in [0.29, 0.717) is 12.1 Å². The highest BCUT2D eigenvalue weighted by molar-refractivity contribution is 5.00. The third-order valence-electron chi connectivity index (χ3n) is 2.77. The molecular formula is C11H20N2. The molecule has 1 aliphatic heterocycles. The van der Waals surface area contributed by atoms with Crippen molar-refractivity contribution in [3.63, 3.8) is 0 Å². The Labute approximate surface area is 81.5 Å². The molecule has 0 spiro atoms. The molecule has 74 valence electrons. The normalized spacial score (nSPS) is 22.5. The van der Waals surface area contributed by atoms with Crippen molar-refractivity contribution in [2.75, 3.05) is 13.1 Å². The van der Waals surface area contributed by atoms with E-state index in [0.717, 1.165) is 38.8 Å². The topological polar surface area (TPSA) is 29.3 Å². The van der Waals surface area contributed by atoms with Gasteiger partial charge in [0.2, 0.25) is 0 Å². The minimum atomic E-state index is 0.345. The second-order valence-corrected chi connectivity index (χ2v) is 3.84. The summed E-state index contributed by atoms with van der Waals surface area (Å²) >= 11 is 0. The summed E-state index contributed by atoms with van der Waals surface area (Å²) < 4.78 is 0. The van der Waals surface area contributed by atoms with Crippen LogP contribution in [0.4, 0.5) is 0 Å². The van der Waals surface area contributed by atoms with Gasteiger partial charge in [-0.3, -0.25) is 4.90 Å². The lowest BCUT2D eigenvalue weighted by atomic mass is 10.0. The third kappa shape index (κ3) is 3.02. The van der Waals surface area contributed by atoms with E-state index < -0.39 is 0 Å². The van der Waals surface area contributed by atoms with Crippen molar-refractivity contribution in [3.05, 3.63) is 0 Å². The lowest BCUT2D eigenvalue weighted by Gasteiger charge is -2.33. The first kappa shape index (κ1) is 10.6. The van der Waals surface area contributed by atoms with Crippen molar-refractivity contribution in [2.24, 2.45) is 5.73 Å². The minimum Gasteiger partial charge on any atom is -0.328 e. The Morgan fingerprint density at radius 1 is 1.54 bits per heavy atom. The lowest BCUT2D eigenvalue weighted by molar-refractivity contribution is 0.176. The number of piperidine rings is 1. The summed E-state index contributed by atoms with van der Waals surface area (Å²) in [5, 5.41) is 0. The highest BCUT2D eigenvalue weighted by Gasteiger charge is 2.20. The van der Waals surface area contributed by atoms with Gasteiger partial charge in [0.15, 0.2) is 0 Å². The van der Waals surface area contributed by atoms with Crippen LogP contribution < -0.4 is 5.73 Å². The molecule has 0 bridgehead atoms. The van der Waals surface area contributed by atoms with Crippen LogP contribution in [0.25, 0.3) is 0 Å². The maximum Gasteiger partial charge on any atom is 0.0711 e. The molecule has 2 heteroatoms. The standard InChI is InChI=1S/C11H20N2/c1-3-5-11(4-2)13-8-6-10(12)7-9-13/h2,10-11H,3,5-9,12H2,1H3. The molecule has 0 saturated carbocycles. The summed E-state index contributed by atoms with van der Waals surface area (Å²) in [4.78, 5) is 2.40. The molecule has 1 rings (SSSR count). The van der Waals surface area contributed by atoms with Gasteiger partial charge in [-0.05, 0) is 19.3 Å². The Balaban J connectivity index is 2.38. The lowest BCUT2D eigenvalue weighted by Crippen LogP contribution is -2.44. The van der Waals surface area contributed by atoms with E-state index in [1.54, 1.807) is 0 Å². The summed E-state index contributed by atoms with van der Waals surface area (Å²) in [5.41, 5.74) is 5.83. The van der Waals surface area contributed by atoms with Crippen LogP contribution in [0.3, 0.4) is 0 Å². The van der Waals surface area contributed by atoms with E-state index >= 15 is 0 Å². The number of nitrogens with zero attached hydrogens (tertiary/aromatic N) is 1. The van der Waals surface area contributed by atoms with Gasteiger partial charge >= 0.3 is 0 Å². The number of rotatable bonds is 3. The SMILES string of the molecule is C#CC(CCC)N1CCC(N)CC1. The van der Waals surface area contributed by atoms with E-state index in [9.17, 15) is 0 Å². The number of terminal acetylenes is 1. The van der Waals surface area contributed by atoms with Gasteiger partial charge in [0.1, 0.15) is 0 Å². The molecule has 0 aliphatic carbocycles. The van der Waals surface area contributed by atoms with Crippen LogP contribution in [0.2, 0.25) is 0 Å². The average Bonchev–Trinajstić information content (AvgIpc) is 2.16. The Bertz CT molecular complexity index is 175. The predicted octanol–water partition coefficient (Wildman–Crippen LogP) is 1.21. The van der Waals surface area contributed by atoms with Gasteiger partial charge in [0.25, 0.3) is 0 Å². The first-order chi connectivity index (χ1) is 6.27. The zero-order chi connectivity index (χ0) is 9.68. The molecule has 1 heterocycles. The highest BCUT2D eigenvalue weighted by Crippen LogP contribution is 2.14.